The van der Waals surface area contributed by atoms with E-state index in [1.807, 2.05) is 0 Å². The number of hydrogen-bond acceptors (Lipinski definition) is 7. The number of benzene rings is 1. The number of halogens is 1. The molecule has 1 aromatic rings. The Morgan fingerprint density at radius 3 is 1.75 bits per heavy atom. The molecular formula is C23H34FNO7. The van der Waals surface area contributed by atoms with Crippen molar-refractivity contribution in [1.29, 1.82) is 0 Å². The van der Waals surface area contributed by atoms with Crippen LogP contribution in [0, 0.1) is 16.6 Å². The third-order valence-electron chi connectivity index (χ3n) is 3.89. The van der Waals surface area contributed by atoms with Crippen LogP contribution in [0.3, 0.4) is 0 Å². The summed E-state index contributed by atoms with van der Waals surface area (Å²) < 4.78 is 30.5. The number of aliphatic hydroxyl groups excluding tert-OH is 1. The second kappa shape index (κ2) is 9.85. The summed E-state index contributed by atoms with van der Waals surface area (Å²) in [6, 6.07) is 1.94. The average Bonchev–Trinajstić information content (AvgIpc) is 2.58. The molecule has 0 spiro atoms. The minimum absolute atomic E-state index is 0.227. The van der Waals surface area contributed by atoms with E-state index in [-0.39, 0.29) is 23.6 Å². The van der Waals surface area contributed by atoms with E-state index in [0.717, 1.165) is 12.1 Å². The first-order valence-corrected chi connectivity index (χ1v) is 10.2. The molecule has 1 amide bonds. The van der Waals surface area contributed by atoms with E-state index in [2.05, 4.69) is 5.32 Å². The molecule has 0 saturated carbocycles. The number of ether oxygens (including phenoxy) is 3. The summed E-state index contributed by atoms with van der Waals surface area (Å²) in [6.45, 7) is 14.4. The lowest BCUT2D eigenvalue weighted by atomic mass is 9.97. The fourth-order valence-electron chi connectivity index (χ4n) is 2.08. The van der Waals surface area contributed by atoms with Gasteiger partial charge in [0.15, 0.2) is 11.5 Å². The van der Waals surface area contributed by atoms with Crippen molar-refractivity contribution >= 4 is 18.0 Å². The summed E-state index contributed by atoms with van der Waals surface area (Å²) in [5.74, 6) is -2.74. The van der Waals surface area contributed by atoms with Gasteiger partial charge in [-0.05, 0) is 68.4 Å². The van der Waals surface area contributed by atoms with Gasteiger partial charge in [-0.25, -0.2) is 9.18 Å². The quantitative estimate of drug-likeness (QED) is 0.503. The molecule has 0 aliphatic carbocycles. The molecule has 1 rings (SSSR count). The molecule has 0 radical (unpaired) electrons. The van der Waals surface area contributed by atoms with E-state index in [1.165, 1.54) is 0 Å². The molecule has 32 heavy (non-hydrogen) atoms. The highest BCUT2D eigenvalue weighted by Crippen LogP contribution is 2.35. The number of hydrogen-bond donors (Lipinski definition) is 2. The Balaban J connectivity index is 3.23. The maximum Gasteiger partial charge on any atom is 0.407 e. The molecule has 1 aromatic carbocycles. The Hall–Kier alpha value is -2.68. The molecule has 2 N–H and O–H groups in total. The van der Waals surface area contributed by atoms with Gasteiger partial charge in [0.25, 0.3) is 0 Å². The highest BCUT2D eigenvalue weighted by Gasteiger charge is 2.30. The first-order chi connectivity index (χ1) is 14.3. The van der Waals surface area contributed by atoms with Crippen LogP contribution in [0.1, 0.15) is 74.0 Å². The van der Waals surface area contributed by atoms with E-state index < -0.39 is 46.4 Å². The number of rotatable bonds is 5. The monoisotopic (exact) mass is 455 g/mol. The maximum atomic E-state index is 14.8. The molecule has 0 fully saturated rings. The molecule has 8 nitrogen and oxygen atoms in total. The molecule has 0 bridgehead atoms. The van der Waals surface area contributed by atoms with Crippen LogP contribution in [0.25, 0.3) is 0 Å². The van der Waals surface area contributed by atoms with Crippen molar-refractivity contribution in [3.8, 4) is 11.5 Å². The van der Waals surface area contributed by atoms with Gasteiger partial charge in [0.05, 0.1) is 23.5 Å². The fourth-order valence-corrected chi connectivity index (χ4v) is 2.08. The van der Waals surface area contributed by atoms with Crippen LogP contribution in [0.2, 0.25) is 0 Å². The standard InChI is InChI=1S/C23H34FNO7/c1-21(2,3)18(27)30-16-10-13(15(26)12-25-20(29)32-23(7,8)9)14(24)11-17(16)31-19(28)22(4,5)6/h10-11,15,26H,12H2,1-9H3,(H,25,29). The number of amides is 1. The maximum absolute atomic E-state index is 14.8. The van der Waals surface area contributed by atoms with E-state index in [9.17, 15) is 23.9 Å². The normalized spacial score (nSPS) is 13.2. The van der Waals surface area contributed by atoms with E-state index in [0.29, 0.717) is 0 Å². The van der Waals surface area contributed by atoms with Crippen LogP contribution in [0.5, 0.6) is 11.5 Å². The number of alkyl carbamates (subject to hydrolysis) is 1. The van der Waals surface area contributed by atoms with Crippen molar-refractivity contribution in [3.63, 3.8) is 0 Å². The Kier molecular flexibility index (Phi) is 8.42. The average molecular weight is 456 g/mol. The first kappa shape index (κ1) is 27.4. The topological polar surface area (TPSA) is 111 Å². The second-order valence-corrected chi connectivity index (χ2v) is 10.5. The summed E-state index contributed by atoms with van der Waals surface area (Å²) in [7, 11) is 0. The molecule has 180 valence electrons. The van der Waals surface area contributed by atoms with Gasteiger partial charge in [-0.1, -0.05) is 0 Å². The van der Waals surface area contributed by atoms with Gasteiger partial charge in [-0.3, -0.25) is 9.59 Å². The van der Waals surface area contributed by atoms with Crippen molar-refractivity contribution in [2.45, 2.75) is 74.0 Å². The number of carbonyl (C=O) groups is 3. The van der Waals surface area contributed by atoms with Crippen molar-refractivity contribution < 1.29 is 38.1 Å². The van der Waals surface area contributed by atoms with E-state index in [4.69, 9.17) is 14.2 Å². The lowest BCUT2D eigenvalue weighted by molar-refractivity contribution is -0.145. The Labute approximate surface area is 188 Å². The third-order valence-corrected chi connectivity index (χ3v) is 3.89. The van der Waals surface area contributed by atoms with Gasteiger partial charge in [0.2, 0.25) is 0 Å². The predicted octanol–water partition coefficient (Wildman–Crippen LogP) is 4.29. The Bertz CT molecular complexity index is 861. The number of aliphatic hydroxyl groups is 1. The van der Waals surface area contributed by atoms with Gasteiger partial charge >= 0.3 is 18.0 Å². The molecular weight excluding hydrogens is 421 g/mol. The highest BCUT2D eigenvalue weighted by atomic mass is 19.1. The molecule has 9 heteroatoms. The largest absolute Gasteiger partial charge is 0.444 e. The third kappa shape index (κ3) is 8.45. The highest BCUT2D eigenvalue weighted by molar-refractivity contribution is 5.81. The minimum Gasteiger partial charge on any atom is -0.444 e. The van der Waals surface area contributed by atoms with Crippen LogP contribution < -0.4 is 14.8 Å². The lowest BCUT2D eigenvalue weighted by Gasteiger charge is -2.22. The van der Waals surface area contributed by atoms with Gasteiger partial charge < -0.3 is 24.6 Å². The van der Waals surface area contributed by atoms with E-state index in [1.54, 1.807) is 62.3 Å². The summed E-state index contributed by atoms with van der Waals surface area (Å²) in [5.41, 5.74) is -2.78. The van der Waals surface area contributed by atoms with Crippen LogP contribution in [0.4, 0.5) is 9.18 Å². The predicted molar refractivity (Wildman–Crippen MR) is 116 cm³/mol. The second-order valence-electron chi connectivity index (χ2n) is 10.5. The number of esters is 2. The van der Waals surface area contributed by atoms with E-state index >= 15 is 0 Å². The molecule has 1 unspecified atom stereocenters. The zero-order chi connectivity index (χ0) is 25.1. The molecule has 0 saturated heterocycles. The minimum atomic E-state index is -1.48. The smallest absolute Gasteiger partial charge is 0.407 e. The molecule has 0 aromatic heterocycles. The van der Waals surface area contributed by atoms with Crippen molar-refractivity contribution in [3.05, 3.63) is 23.5 Å². The van der Waals surface area contributed by atoms with Crippen LogP contribution in [-0.4, -0.2) is 35.3 Å². The van der Waals surface area contributed by atoms with Crippen LogP contribution in [-0.2, 0) is 14.3 Å². The zero-order valence-corrected chi connectivity index (χ0v) is 20.2. The summed E-state index contributed by atoms with van der Waals surface area (Å²) in [4.78, 5) is 36.5. The summed E-state index contributed by atoms with van der Waals surface area (Å²) in [5, 5.41) is 12.8. The summed E-state index contributed by atoms with van der Waals surface area (Å²) >= 11 is 0. The molecule has 0 aliphatic rings. The lowest BCUT2D eigenvalue weighted by Crippen LogP contribution is -2.35. The molecule has 0 heterocycles. The van der Waals surface area contributed by atoms with Crippen molar-refractivity contribution in [1.82, 2.24) is 5.32 Å². The SMILES string of the molecule is CC(C)(C)OC(=O)NCC(O)c1cc(OC(=O)C(C)(C)C)c(OC(=O)C(C)(C)C)cc1F. The van der Waals surface area contributed by atoms with Crippen LogP contribution in [0.15, 0.2) is 12.1 Å². The van der Waals surface area contributed by atoms with Crippen molar-refractivity contribution in [2.75, 3.05) is 6.54 Å². The molecule has 1 atom stereocenters. The van der Waals surface area contributed by atoms with Crippen LogP contribution >= 0.6 is 0 Å². The van der Waals surface area contributed by atoms with Gasteiger partial charge in [-0.15, -0.1) is 0 Å². The zero-order valence-electron chi connectivity index (χ0n) is 20.2. The first-order valence-electron chi connectivity index (χ1n) is 10.2. The van der Waals surface area contributed by atoms with Gasteiger partial charge in [0, 0.05) is 11.6 Å². The Morgan fingerprint density at radius 2 is 1.34 bits per heavy atom. The van der Waals surface area contributed by atoms with Gasteiger partial charge in [0.1, 0.15) is 11.4 Å². The van der Waals surface area contributed by atoms with Crippen molar-refractivity contribution in [2.24, 2.45) is 10.8 Å². The number of carbonyl (C=O) groups excluding carboxylic acids is 3. The fraction of sp³-hybridized carbons (Fsp3) is 0.609. The molecule has 0 aliphatic heterocycles. The number of nitrogens with one attached hydrogen (secondary N) is 1. The summed E-state index contributed by atoms with van der Waals surface area (Å²) in [6.07, 6.45) is -2.27. The Morgan fingerprint density at radius 1 is 0.906 bits per heavy atom. The van der Waals surface area contributed by atoms with Gasteiger partial charge in [-0.2, -0.15) is 0 Å².